The summed E-state index contributed by atoms with van der Waals surface area (Å²) in [5.41, 5.74) is 2.90. The summed E-state index contributed by atoms with van der Waals surface area (Å²) in [6, 6.07) is 15.8. The molecule has 0 aliphatic carbocycles. The molecule has 19 heavy (non-hydrogen) atoms. The fourth-order valence-corrected chi connectivity index (χ4v) is 2.42. The minimum absolute atomic E-state index is 0.613. The van der Waals surface area contributed by atoms with Crippen LogP contribution in [0.25, 0.3) is 22.0 Å². The fraction of sp³-hybridized carbons (Fsp3) is 0.0625. The highest BCUT2D eigenvalue weighted by Crippen LogP contribution is 2.35. The first-order valence-corrected chi connectivity index (χ1v) is 6.35. The molecule has 2 nitrogen and oxygen atoms in total. The van der Waals surface area contributed by atoms with Crippen LogP contribution < -0.4 is 4.74 Å². The molecular weight excluding hydrogens is 258 g/mol. The zero-order valence-corrected chi connectivity index (χ0v) is 11.2. The highest BCUT2D eigenvalue weighted by molar-refractivity contribution is 6.34. The Morgan fingerprint density at radius 1 is 1.05 bits per heavy atom. The maximum absolute atomic E-state index is 6.34. The highest BCUT2D eigenvalue weighted by atomic mass is 35.5. The number of benzene rings is 2. The molecule has 0 spiro atoms. The van der Waals surface area contributed by atoms with Crippen molar-refractivity contribution in [3.05, 3.63) is 59.8 Å². The van der Waals surface area contributed by atoms with Crippen molar-refractivity contribution in [1.82, 2.24) is 4.98 Å². The monoisotopic (exact) mass is 269 g/mol. The molecule has 0 fully saturated rings. The molecule has 0 unspecified atom stereocenters. The van der Waals surface area contributed by atoms with E-state index in [0.29, 0.717) is 10.8 Å². The number of aromatic nitrogens is 1. The van der Waals surface area contributed by atoms with Crippen molar-refractivity contribution < 1.29 is 4.74 Å². The van der Waals surface area contributed by atoms with Gasteiger partial charge < -0.3 is 4.74 Å². The van der Waals surface area contributed by atoms with Gasteiger partial charge in [0.05, 0.1) is 17.6 Å². The minimum atomic E-state index is 0.613. The van der Waals surface area contributed by atoms with E-state index in [1.807, 2.05) is 48.7 Å². The molecule has 0 saturated heterocycles. The molecule has 0 atom stereocenters. The van der Waals surface area contributed by atoms with E-state index in [0.717, 1.165) is 22.0 Å². The van der Waals surface area contributed by atoms with E-state index in [1.54, 1.807) is 7.11 Å². The second kappa shape index (κ2) is 4.90. The molecule has 0 aliphatic rings. The van der Waals surface area contributed by atoms with Crippen molar-refractivity contribution >= 4 is 22.5 Å². The largest absolute Gasteiger partial charge is 0.495 e. The number of fused-ring (bicyclic) bond motifs is 1. The van der Waals surface area contributed by atoms with Gasteiger partial charge in [-0.15, -0.1) is 0 Å². The average molecular weight is 270 g/mol. The number of pyridine rings is 1. The lowest BCUT2D eigenvalue weighted by Gasteiger charge is -2.09. The Balaban J connectivity index is 2.19. The predicted molar refractivity (Wildman–Crippen MR) is 78.7 cm³/mol. The average Bonchev–Trinajstić information content (AvgIpc) is 2.47. The van der Waals surface area contributed by atoms with Crippen LogP contribution in [0.15, 0.2) is 54.7 Å². The normalized spacial score (nSPS) is 10.6. The second-order valence-electron chi connectivity index (χ2n) is 4.24. The molecular formula is C16H12ClNO. The number of rotatable bonds is 2. The van der Waals surface area contributed by atoms with Gasteiger partial charge in [0.15, 0.2) is 0 Å². The first-order chi connectivity index (χ1) is 9.29. The predicted octanol–water partition coefficient (Wildman–Crippen LogP) is 4.56. The lowest BCUT2D eigenvalue weighted by atomic mass is 10.1. The van der Waals surface area contributed by atoms with Crippen LogP contribution in [-0.2, 0) is 0 Å². The van der Waals surface area contributed by atoms with E-state index in [1.165, 1.54) is 0 Å². The summed E-state index contributed by atoms with van der Waals surface area (Å²) >= 11 is 6.34. The van der Waals surface area contributed by atoms with Crippen LogP contribution in [-0.4, -0.2) is 12.1 Å². The Kier molecular flexibility index (Phi) is 3.10. The van der Waals surface area contributed by atoms with E-state index < -0.39 is 0 Å². The SMILES string of the molecule is COc1cccc(-c2cnc3ccccc3c2)c1Cl. The lowest BCUT2D eigenvalue weighted by Crippen LogP contribution is -1.88. The van der Waals surface area contributed by atoms with Crippen LogP contribution in [0.2, 0.25) is 5.02 Å². The van der Waals surface area contributed by atoms with E-state index in [9.17, 15) is 0 Å². The summed E-state index contributed by atoms with van der Waals surface area (Å²) in [7, 11) is 1.61. The molecule has 0 saturated carbocycles. The quantitative estimate of drug-likeness (QED) is 0.680. The number of nitrogens with zero attached hydrogens (tertiary/aromatic N) is 1. The van der Waals surface area contributed by atoms with Gasteiger partial charge in [-0.1, -0.05) is 41.9 Å². The molecule has 0 bridgehead atoms. The van der Waals surface area contributed by atoms with Gasteiger partial charge in [-0.3, -0.25) is 4.98 Å². The summed E-state index contributed by atoms with van der Waals surface area (Å²) in [4.78, 5) is 4.45. The number of ether oxygens (including phenoxy) is 1. The topological polar surface area (TPSA) is 22.1 Å². The summed E-state index contributed by atoms with van der Waals surface area (Å²) < 4.78 is 5.24. The molecule has 1 heterocycles. The van der Waals surface area contributed by atoms with E-state index in [-0.39, 0.29) is 0 Å². The minimum Gasteiger partial charge on any atom is -0.495 e. The molecule has 0 aliphatic heterocycles. The zero-order valence-electron chi connectivity index (χ0n) is 10.4. The van der Waals surface area contributed by atoms with Crippen molar-refractivity contribution in [2.75, 3.05) is 7.11 Å². The molecule has 0 amide bonds. The Morgan fingerprint density at radius 3 is 2.74 bits per heavy atom. The third-order valence-electron chi connectivity index (χ3n) is 3.08. The lowest BCUT2D eigenvalue weighted by molar-refractivity contribution is 0.415. The molecule has 3 heteroatoms. The zero-order chi connectivity index (χ0) is 13.2. The molecule has 0 N–H and O–H groups in total. The van der Waals surface area contributed by atoms with Crippen molar-refractivity contribution in [3.63, 3.8) is 0 Å². The highest BCUT2D eigenvalue weighted by Gasteiger charge is 2.09. The van der Waals surface area contributed by atoms with Crippen LogP contribution in [0.1, 0.15) is 0 Å². The Labute approximate surface area is 116 Å². The maximum Gasteiger partial charge on any atom is 0.138 e. The first-order valence-electron chi connectivity index (χ1n) is 5.97. The summed E-state index contributed by atoms with van der Waals surface area (Å²) in [5.74, 6) is 0.673. The number of methoxy groups -OCH3 is 1. The van der Waals surface area contributed by atoms with Crippen LogP contribution in [0, 0.1) is 0 Å². The summed E-state index contributed by atoms with van der Waals surface area (Å²) in [6.07, 6.45) is 1.84. The van der Waals surface area contributed by atoms with E-state index in [4.69, 9.17) is 16.3 Å². The number of para-hydroxylation sites is 1. The van der Waals surface area contributed by atoms with Gasteiger partial charge in [-0.2, -0.15) is 0 Å². The van der Waals surface area contributed by atoms with Crippen molar-refractivity contribution in [3.8, 4) is 16.9 Å². The van der Waals surface area contributed by atoms with Gasteiger partial charge in [0.25, 0.3) is 0 Å². The third-order valence-corrected chi connectivity index (χ3v) is 3.47. The molecule has 0 radical (unpaired) electrons. The van der Waals surface area contributed by atoms with Crippen LogP contribution in [0.4, 0.5) is 0 Å². The Hall–Kier alpha value is -2.06. The Morgan fingerprint density at radius 2 is 1.89 bits per heavy atom. The van der Waals surface area contributed by atoms with Gasteiger partial charge in [0.2, 0.25) is 0 Å². The van der Waals surface area contributed by atoms with Crippen LogP contribution in [0.3, 0.4) is 0 Å². The van der Waals surface area contributed by atoms with Crippen molar-refractivity contribution in [2.24, 2.45) is 0 Å². The summed E-state index contributed by atoms with van der Waals surface area (Å²) in [6.45, 7) is 0. The number of halogens is 1. The molecule has 2 aromatic carbocycles. The smallest absolute Gasteiger partial charge is 0.138 e. The molecule has 94 valence electrons. The molecule has 1 aromatic heterocycles. The van der Waals surface area contributed by atoms with Crippen LogP contribution in [0.5, 0.6) is 5.75 Å². The van der Waals surface area contributed by atoms with E-state index in [2.05, 4.69) is 11.1 Å². The molecule has 3 aromatic rings. The van der Waals surface area contributed by atoms with Gasteiger partial charge in [-0.05, 0) is 18.2 Å². The van der Waals surface area contributed by atoms with Gasteiger partial charge in [-0.25, -0.2) is 0 Å². The van der Waals surface area contributed by atoms with Gasteiger partial charge in [0.1, 0.15) is 5.75 Å². The molecule has 3 rings (SSSR count). The fourth-order valence-electron chi connectivity index (χ4n) is 2.11. The number of hydrogen-bond donors (Lipinski definition) is 0. The second-order valence-corrected chi connectivity index (χ2v) is 4.62. The Bertz CT molecular complexity index is 740. The maximum atomic E-state index is 6.34. The van der Waals surface area contributed by atoms with E-state index >= 15 is 0 Å². The number of hydrogen-bond acceptors (Lipinski definition) is 2. The van der Waals surface area contributed by atoms with Gasteiger partial charge in [0, 0.05) is 22.7 Å². The van der Waals surface area contributed by atoms with Gasteiger partial charge >= 0.3 is 0 Å². The van der Waals surface area contributed by atoms with Crippen molar-refractivity contribution in [1.29, 1.82) is 0 Å². The summed E-state index contributed by atoms with van der Waals surface area (Å²) in [5, 5.41) is 1.71. The van der Waals surface area contributed by atoms with Crippen LogP contribution >= 0.6 is 11.6 Å². The standard InChI is InChI=1S/C16H12ClNO/c1-19-15-8-4-6-13(16(15)17)12-9-11-5-2-3-7-14(11)18-10-12/h2-10H,1H3. The third kappa shape index (κ3) is 2.15. The first kappa shape index (κ1) is 12.0. The van der Waals surface area contributed by atoms with Crippen molar-refractivity contribution in [2.45, 2.75) is 0 Å².